The van der Waals surface area contributed by atoms with Gasteiger partial charge in [0, 0.05) is 18.5 Å². The van der Waals surface area contributed by atoms with Gasteiger partial charge in [0.25, 0.3) is 0 Å². The molecule has 14 heavy (non-hydrogen) atoms. The van der Waals surface area contributed by atoms with Gasteiger partial charge in [-0.2, -0.15) is 0 Å². The van der Waals surface area contributed by atoms with Crippen molar-refractivity contribution in [3.63, 3.8) is 0 Å². The number of carbonyl (C=O) groups excluding carboxylic acids is 1. The Morgan fingerprint density at radius 1 is 1.50 bits per heavy atom. The molecule has 0 saturated carbocycles. The van der Waals surface area contributed by atoms with Gasteiger partial charge in [0.05, 0.1) is 5.92 Å². The molecule has 4 N–H and O–H groups in total. The summed E-state index contributed by atoms with van der Waals surface area (Å²) in [5.41, 5.74) is 4.60. The van der Waals surface area contributed by atoms with Crippen LogP contribution in [0.3, 0.4) is 0 Å². The van der Waals surface area contributed by atoms with Gasteiger partial charge in [-0.05, 0) is 13.8 Å². The second-order valence-electron chi connectivity index (χ2n) is 4.15. The van der Waals surface area contributed by atoms with E-state index in [1.165, 1.54) is 0 Å². The van der Waals surface area contributed by atoms with Crippen LogP contribution in [0, 0.1) is 5.92 Å². The smallest absolute Gasteiger partial charge is 0.307 e. The largest absolute Gasteiger partial charge is 0.481 e. The fourth-order valence-electron chi connectivity index (χ4n) is 1.01. The summed E-state index contributed by atoms with van der Waals surface area (Å²) in [4.78, 5) is 21.2. The van der Waals surface area contributed by atoms with Crippen LogP contribution in [-0.2, 0) is 9.59 Å². The van der Waals surface area contributed by atoms with Gasteiger partial charge in [-0.15, -0.1) is 0 Å². The molecular weight excluding hydrogens is 184 g/mol. The molecule has 0 aliphatic rings. The molecule has 0 aliphatic carbocycles. The standard InChI is InChI=1S/C9H18N2O3/c1-6(8(13)14)5-11-9(2,3)4-7(10)12/h6,11H,4-5H2,1-3H3,(H2,10,12)(H,13,14). The van der Waals surface area contributed by atoms with Crippen molar-refractivity contribution >= 4 is 11.9 Å². The first-order valence-electron chi connectivity index (χ1n) is 4.51. The van der Waals surface area contributed by atoms with E-state index in [0.717, 1.165) is 0 Å². The molecule has 0 spiro atoms. The van der Waals surface area contributed by atoms with E-state index in [2.05, 4.69) is 5.32 Å². The number of carbonyl (C=O) groups is 2. The third-order valence-electron chi connectivity index (χ3n) is 1.92. The van der Waals surface area contributed by atoms with Crippen molar-refractivity contribution in [1.82, 2.24) is 5.32 Å². The number of primary amides is 1. The van der Waals surface area contributed by atoms with Crippen molar-refractivity contribution in [3.05, 3.63) is 0 Å². The lowest BCUT2D eigenvalue weighted by Gasteiger charge is -2.25. The number of aliphatic carboxylic acids is 1. The quantitative estimate of drug-likeness (QED) is 0.563. The molecule has 0 fully saturated rings. The number of nitrogens with one attached hydrogen (secondary N) is 1. The molecule has 0 aromatic carbocycles. The lowest BCUT2D eigenvalue weighted by Crippen LogP contribution is -2.45. The Morgan fingerprint density at radius 3 is 2.36 bits per heavy atom. The SMILES string of the molecule is CC(CNC(C)(C)CC(N)=O)C(=O)O. The summed E-state index contributed by atoms with van der Waals surface area (Å²) >= 11 is 0. The maximum atomic E-state index is 10.7. The highest BCUT2D eigenvalue weighted by atomic mass is 16.4. The molecule has 0 heterocycles. The van der Waals surface area contributed by atoms with Crippen molar-refractivity contribution in [1.29, 1.82) is 0 Å². The molecule has 82 valence electrons. The molecule has 1 amide bonds. The number of rotatable bonds is 6. The third-order valence-corrected chi connectivity index (χ3v) is 1.92. The number of hydrogen-bond acceptors (Lipinski definition) is 3. The number of carboxylic acid groups (broad SMARTS) is 1. The molecule has 1 unspecified atom stereocenters. The highest BCUT2D eigenvalue weighted by Gasteiger charge is 2.22. The second kappa shape index (κ2) is 4.95. The molecular formula is C9H18N2O3. The number of amides is 1. The molecule has 5 nitrogen and oxygen atoms in total. The van der Waals surface area contributed by atoms with Crippen molar-refractivity contribution in [2.75, 3.05) is 6.54 Å². The van der Waals surface area contributed by atoms with E-state index in [9.17, 15) is 9.59 Å². The summed E-state index contributed by atoms with van der Waals surface area (Å²) in [6.07, 6.45) is 0.194. The zero-order chi connectivity index (χ0) is 11.4. The summed E-state index contributed by atoms with van der Waals surface area (Å²) in [5, 5.41) is 11.6. The first-order chi connectivity index (χ1) is 6.24. The van der Waals surface area contributed by atoms with Crippen LogP contribution in [0.5, 0.6) is 0 Å². The lowest BCUT2D eigenvalue weighted by molar-refractivity contribution is -0.141. The third kappa shape index (κ3) is 5.53. The van der Waals surface area contributed by atoms with E-state index in [0.29, 0.717) is 6.54 Å². The van der Waals surface area contributed by atoms with Crippen LogP contribution in [0.4, 0.5) is 0 Å². The molecule has 0 aliphatic heterocycles. The Labute approximate surface area is 83.7 Å². The van der Waals surface area contributed by atoms with E-state index in [-0.39, 0.29) is 6.42 Å². The van der Waals surface area contributed by atoms with Gasteiger partial charge in [0.15, 0.2) is 0 Å². The Hall–Kier alpha value is -1.10. The maximum absolute atomic E-state index is 10.7. The number of carboxylic acids is 1. The van der Waals surface area contributed by atoms with Gasteiger partial charge in [-0.1, -0.05) is 6.92 Å². The summed E-state index contributed by atoms with van der Waals surface area (Å²) in [7, 11) is 0. The Balaban J connectivity index is 3.98. The molecule has 0 bridgehead atoms. The van der Waals surface area contributed by atoms with Crippen LogP contribution in [0.2, 0.25) is 0 Å². The van der Waals surface area contributed by atoms with E-state index in [1.807, 2.05) is 13.8 Å². The summed E-state index contributed by atoms with van der Waals surface area (Å²) < 4.78 is 0. The highest BCUT2D eigenvalue weighted by Crippen LogP contribution is 2.08. The van der Waals surface area contributed by atoms with Gasteiger partial charge in [-0.3, -0.25) is 9.59 Å². The van der Waals surface area contributed by atoms with Gasteiger partial charge in [0.1, 0.15) is 0 Å². The van der Waals surface area contributed by atoms with Gasteiger partial charge < -0.3 is 16.2 Å². The summed E-state index contributed by atoms with van der Waals surface area (Å²) in [5.74, 6) is -1.72. The van der Waals surface area contributed by atoms with Crippen LogP contribution in [0.25, 0.3) is 0 Å². The van der Waals surface area contributed by atoms with Crippen molar-refractivity contribution < 1.29 is 14.7 Å². The zero-order valence-electron chi connectivity index (χ0n) is 8.83. The molecule has 0 aromatic heterocycles. The van der Waals surface area contributed by atoms with Gasteiger partial charge >= 0.3 is 5.97 Å². The minimum atomic E-state index is -0.854. The fraction of sp³-hybridized carbons (Fsp3) is 0.778. The normalized spacial score (nSPS) is 13.6. The number of hydrogen-bond donors (Lipinski definition) is 3. The van der Waals surface area contributed by atoms with Crippen LogP contribution in [0.15, 0.2) is 0 Å². The van der Waals surface area contributed by atoms with E-state index < -0.39 is 23.3 Å². The Bertz CT molecular complexity index is 226. The van der Waals surface area contributed by atoms with E-state index in [4.69, 9.17) is 10.8 Å². The highest BCUT2D eigenvalue weighted by molar-refractivity contribution is 5.75. The van der Waals surface area contributed by atoms with Crippen LogP contribution in [-0.4, -0.2) is 29.1 Å². The minimum Gasteiger partial charge on any atom is -0.481 e. The molecule has 0 rings (SSSR count). The van der Waals surface area contributed by atoms with Crippen molar-refractivity contribution in [2.45, 2.75) is 32.7 Å². The lowest BCUT2D eigenvalue weighted by atomic mass is 9.99. The summed E-state index contributed by atoms with van der Waals surface area (Å²) in [6.45, 7) is 5.56. The van der Waals surface area contributed by atoms with Crippen molar-refractivity contribution in [2.24, 2.45) is 11.7 Å². The van der Waals surface area contributed by atoms with Crippen LogP contribution in [0.1, 0.15) is 27.2 Å². The first kappa shape index (κ1) is 12.9. The average molecular weight is 202 g/mol. The fourth-order valence-corrected chi connectivity index (χ4v) is 1.01. The maximum Gasteiger partial charge on any atom is 0.307 e. The molecule has 0 radical (unpaired) electrons. The predicted molar refractivity (Wildman–Crippen MR) is 52.7 cm³/mol. The predicted octanol–water partition coefficient (Wildman–Crippen LogP) is -0.0493. The zero-order valence-corrected chi connectivity index (χ0v) is 8.83. The molecule has 0 aromatic rings. The van der Waals surface area contributed by atoms with Crippen LogP contribution < -0.4 is 11.1 Å². The molecule has 1 atom stereocenters. The summed E-state index contributed by atoms with van der Waals surface area (Å²) in [6, 6.07) is 0. The van der Waals surface area contributed by atoms with E-state index >= 15 is 0 Å². The van der Waals surface area contributed by atoms with Gasteiger partial charge in [-0.25, -0.2) is 0 Å². The Kier molecular flexibility index (Phi) is 4.56. The minimum absolute atomic E-state index is 0.194. The molecule has 5 heteroatoms. The van der Waals surface area contributed by atoms with Gasteiger partial charge in [0.2, 0.25) is 5.91 Å². The molecule has 0 saturated heterocycles. The second-order valence-corrected chi connectivity index (χ2v) is 4.15. The van der Waals surface area contributed by atoms with Crippen LogP contribution >= 0.6 is 0 Å². The van der Waals surface area contributed by atoms with Crippen molar-refractivity contribution in [3.8, 4) is 0 Å². The monoisotopic (exact) mass is 202 g/mol. The Morgan fingerprint density at radius 2 is 2.00 bits per heavy atom. The first-order valence-corrected chi connectivity index (χ1v) is 4.51. The number of nitrogens with two attached hydrogens (primary N) is 1. The van der Waals surface area contributed by atoms with E-state index in [1.54, 1.807) is 6.92 Å². The topological polar surface area (TPSA) is 92.4 Å². The average Bonchev–Trinajstić information content (AvgIpc) is 1.97.